The van der Waals surface area contributed by atoms with E-state index in [0.29, 0.717) is 13.3 Å². The average Bonchev–Trinajstić information content (AvgIpc) is 1.99. The van der Waals surface area contributed by atoms with Gasteiger partial charge in [0.15, 0.2) is 0 Å². The zero-order chi connectivity index (χ0) is 11.9. The Labute approximate surface area is 119 Å². The normalized spacial score (nSPS) is 23.4. The molecule has 0 bridgehead atoms. The monoisotopic (exact) mass is 333 g/mol. The SMILES string of the molecule is CN1CN(C(Cl)(Cl)Cl)CN(C(Cl)(Cl)Cl)C1. The molecule has 0 saturated carbocycles. The zero-order valence-corrected chi connectivity index (χ0v) is 12.3. The highest BCUT2D eigenvalue weighted by atomic mass is 35.6. The Balaban J connectivity index is 2.73. The molecule has 0 unspecified atom stereocenters. The molecule has 1 aliphatic heterocycles. The van der Waals surface area contributed by atoms with Crippen molar-refractivity contribution in [1.29, 1.82) is 0 Å². The van der Waals surface area contributed by atoms with E-state index in [1.54, 1.807) is 9.80 Å². The second kappa shape index (κ2) is 5.09. The molecule has 9 heteroatoms. The average molecular weight is 336 g/mol. The predicted octanol–water partition coefficient (Wildman–Crippen LogP) is 3.06. The summed E-state index contributed by atoms with van der Waals surface area (Å²) in [7, 11) is 1.84. The van der Waals surface area contributed by atoms with Gasteiger partial charge in [-0.05, 0) is 7.05 Å². The van der Waals surface area contributed by atoms with Gasteiger partial charge in [0, 0.05) is 0 Å². The molecule has 1 fully saturated rings. The molecule has 0 radical (unpaired) electrons. The standard InChI is InChI=1S/C6H9Cl6N3/c1-13-2-14(5(7,8)9)4-15(3-13)6(10,11)12/h2-4H2,1H3. The van der Waals surface area contributed by atoms with Crippen molar-refractivity contribution < 1.29 is 0 Å². The van der Waals surface area contributed by atoms with E-state index in [-0.39, 0.29) is 6.67 Å². The number of rotatable bonds is 0. The van der Waals surface area contributed by atoms with Gasteiger partial charge in [0.1, 0.15) is 0 Å². The smallest absolute Gasteiger partial charge is 0.249 e. The maximum Gasteiger partial charge on any atom is 0.249 e. The molecule has 0 aromatic heterocycles. The molecule has 1 aliphatic rings. The molecular weight excluding hydrogens is 327 g/mol. The van der Waals surface area contributed by atoms with Gasteiger partial charge >= 0.3 is 0 Å². The lowest BCUT2D eigenvalue weighted by molar-refractivity contribution is -0.0203. The van der Waals surface area contributed by atoms with Crippen LogP contribution in [0.3, 0.4) is 0 Å². The Morgan fingerprint density at radius 2 is 1.07 bits per heavy atom. The minimum atomic E-state index is -1.51. The molecule has 0 amide bonds. The van der Waals surface area contributed by atoms with E-state index in [1.807, 2.05) is 11.9 Å². The fourth-order valence-electron chi connectivity index (χ4n) is 1.24. The van der Waals surface area contributed by atoms with Crippen molar-refractivity contribution in [2.45, 2.75) is 7.83 Å². The number of halogens is 6. The van der Waals surface area contributed by atoms with Gasteiger partial charge in [-0.15, -0.1) is 0 Å². The fourth-order valence-corrected chi connectivity index (χ4v) is 1.89. The fraction of sp³-hybridized carbons (Fsp3) is 1.00. The topological polar surface area (TPSA) is 9.72 Å². The van der Waals surface area contributed by atoms with E-state index in [0.717, 1.165) is 0 Å². The van der Waals surface area contributed by atoms with Crippen molar-refractivity contribution in [3.05, 3.63) is 0 Å². The van der Waals surface area contributed by atoms with Crippen molar-refractivity contribution >= 4 is 69.6 Å². The zero-order valence-electron chi connectivity index (χ0n) is 7.73. The summed E-state index contributed by atoms with van der Waals surface area (Å²) in [6, 6.07) is 0. The Morgan fingerprint density at radius 1 is 0.733 bits per heavy atom. The highest BCUT2D eigenvalue weighted by molar-refractivity contribution is 6.67. The van der Waals surface area contributed by atoms with Gasteiger partial charge < -0.3 is 0 Å². The molecule has 0 atom stereocenters. The van der Waals surface area contributed by atoms with Crippen LogP contribution in [0.25, 0.3) is 0 Å². The van der Waals surface area contributed by atoms with Crippen LogP contribution in [-0.2, 0) is 0 Å². The number of hydrogen-bond acceptors (Lipinski definition) is 3. The first-order chi connectivity index (χ1) is 6.60. The highest BCUT2D eigenvalue weighted by Crippen LogP contribution is 2.37. The Morgan fingerprint density at radius 3 is 1.33 bits per heavy atom. The van der Waals surface area contributed by atoms with Crippen LogP contribution in [0.4, 0.5) is 0 Å². The maximum absolute atomic E-state index is 5.77. The van der Waals surface area contributed by atoms with Gasteiger partial charge in [-0.25, -0.2) is 9.80 Å². The van der Waals surface area contributed by atoms with Crippen LogP contribution >= 0.6 is 69.6 Å². The predicted molar refractivity (Wildman–Crippen MR) is 66.6 cm³/mol. The molecule has 1 saturated heterocycles. The largest absolute Gasteiger partial charge is 0.280 e. The number of alkyl halides is 6. The summed E-state index contributed by atoms with van der Waals surface area (Å²) in [5.74, 6) is 0. The van der Waals surface area contributed by atoms with Crippen LogP contribution in [0, 0.1) is 0 Å². The van der Waals surface area contributed by atoms with Crippen molar-refractivity contribution in [1.82, 2.24) is 14.7 Å². The highest BCUT2D eigenvalue weighted by Gasteiger charge is 2.40. The molecule has 1 heterocycles. The number of nitrogens with zero attached hydrogens (tertiary/aromatic N) is 3. The van der Waals surface area contributed by atoms with Gasteiger partial charge in [-0.1, -0.05) is 69.6 Å². The molecule has 0 N–H and O–H groups in total. The van der Waals surface area contributed by atoms with Crippen LogP contribution in [0.5, 0.6) is 0 Å². The minimum Gasteiger partial charge on any atom is -0.280 e. The van der Waals surface area contributed by atoms with Gasteiger partial charge in [0.25, 0.3) is 0 Å². The molecule has 0 aromatic carbocycles. The third kappa shape index (κ3) is 4.41. The van der Waals surface area contributed by atoms with Crippen molar-refractivity contribution in [3.8, 4) is 0 Å². The maximum atomic E-state index is 5.77. The van der Waals surface area contributed by atoms with Crippen molar-refractivity contribution in [2.75, 3.05) is 27.1 Å². The molecule has 0 aliphatic carbocycles. The lowest BCUT2D eigenvalue weighted by atomic mass is 10.6. The first-order valence-electron chi connectivity index (χ1n) is 3.93. The van der Waals surface area contributed by atoms with E-state index in [4.69, 9.17) is 69.6 Å². The summed E-state index contributed by atoms with van der Waals surface area (Å²) in [5, 5.41) is 0. The van der Waals surface area contributed by atoms with E-state index < -0.39 is 7.83 Å². The summed E-state index contributed by atoms with van der Waals surface area (Å²) >= 11 is 34.6. The molecule has 0 aromatic rings. The summed E-state index contributed by atoms with van der Waals surface area (Å²) < 4.78 is -3.02. The summed E-state index contributed by atoms with van der Waals surface area (Å²) in [5.41, 5.74) is 0. The van der Waals surface area contributed by atoms with Gasteiger partial charge in [-0.3, -0.25) is 4.90 Å². The van der Waals surface area contributed by atoms with E-state index >= 15 is 0 Å². The summed E-state index contributed by atoms with van der Waals surface area (Å²) in [6.07, 6.45) is 0. The minimum absolute atomic E-state index is 0.275. The van der Waals surface area contributed by atoms with Gasteiger partial charge in [0.2, 0.25) is 7.83 Å². The second-order valence-corrected chi connectivity index (χ2v) is 7.74. The van der Waals surface area contributed by atoms with E-state index in [2.05, 4.69) is 0 Å². The van der Waals surface area contributed by atoms with Crippen LogP contribution in [0.15, 0.2) is 0 Å². The van der Waals surface area contributed by atoms with Crippen LogP contribution in [0.1, 0.15) is 0 Å². The lowest BCUT2D eigenvalue weighted by Crippen LogP contribution is -2.59. The van der Waals surface area contributed by atoms with Gasteiger partial charge in [-0.2, -0.15) is 0 Å². The molecule has 1 rings (SSSR count). The Bertz CT molecular complexity index is 202. The molecule has 3 nitrogen and oxygen atoms in total. The third-order valence-corrected chi connectivity index (χ3v) is 3.32. The quantitative estimate of drug-likeness (QED) is 0.497. The van der Waals surface area contributed by atoms with Crippen LogP contribution in [0.2, 0.25) is 0 Å². The van der Waals surface area contributed by atoms with E-state index in [9.17, 15) is 0 Å². The summed E-state index contributed by atoms with van der Waals surface area (Å²) in [6.45, 7) is 1.26. The van der Waals surface area contributed by atoms with E-state index in [1.165, 1.54) is 0 Å². The van der Waals surface area contributed by atoms with Crippen LogP contribution in [-0.4, -0.2) is 49.6 Å². The molecule has 15 heavy (non-hydrogen) atoms. The Kier molecular flexibility index (Phi) is 4.98. The van der Waals surface area contributed by atoms with Crippen LogP contribution < -0.4 is 0 Å². The first kappa shape index (κ1) is 14.7. The van der Waals surface area contributed by atoms with Gasteiger partial charge in [0.05, 0.1) is 20.0 Å². The third-order valence-electron chi connectivity index (χ3n) is 1.88. The number of hydrogen-bond donors (Lipinski definition) is 0. The first-order valence-corrected chi connectivity index (χ1v) is 6.19. The van der Waals surface area contributed by atoms with Crippen molar-refractivity contribution in [2.24, 2.45) is 0 Å². The summed E-state index contributed by atoms with van der Waals surface area (Å²) in [4.78, 5) is 4.99. The second-order valence-electron chi connectivity index (χ2n) is 3.30. The lowest BCUT2D eigenvalue weighted by Gasteiger charge is -2.45. The molecule has 0 spiro atoms. The molecular formula is C6H9Cl6N3. The molecule has 90 valence electrons. The van der Waals surface area contributed by atoms with Crippen molar-refractivity contribution in [3.63, 3.8) is 0 Å². The Hall–Kier alpha value is 1.62.